The third-order valence-electron chi connectivity index (χ3n) is 5.78. The van der Waals surface area contributed by atoms with Crippen LogP contribution in [0.15, 0.2) is 24.3 Å². The number of hydrogen-bond donors (Lipinski definition) is 2. The lowest BCUT2D eigenvalue weighted by Crippen LogP contribution is -2.34. The minimum absolute atomic E-state index is 0.0615. The lowest BCUT2D eigenvalue weighted by Gasteiger charge is -2.23. The molecule has 138 valence electrons. The Morgan fingerprint density at radius 1 is 1.35 bits per heavy atom. The fourth-order valence-corrected chi connectivity index (χ4v) is 5.17. The standard InChI is InChI=1S/C20H24FN3OS/c1-12(23-18(25)16-11-20(16)7-9-22-10-8-20)17-13(2)24-19(26-17)14-3-5-15(21)6-4-14/h3-6,12,16,22H,7-11H2,1-2H3,(H,23,25). The molecule has 1 aromatic carbocycles. The monoisotopic (exact) mass is 373 g/mol. The molecular weight excluding hydrogens is 349 g/mol. The van der Waals surface area contributed by atoms with Gasteiger partial charge in [0.15, 0.2) is 0 Å². The first-order valence-corrected chi connectivity index (χ1v) is 10.0. The predicted molar refractivity (Wildman–Crippen MR) is 101 cm³/mol. The van der Waals surface area contributed by atoms with Crippen LogP contribution >= 0.6 is 11.3 Å². The number of nitrogens with zero attached hydrogens (tertiary/aromatic N) is 1. The number of halogens is 1. The number of carbonyl (C=O) groups is 1. The zero-order valence-electron chi connectivity index (χ0n) is 15.1. The highest BCUT2D eigenvalue weighted by atomic mass is 32.1. The lowest BCUT2D eigenvalue weighted by molar-refractivity contribution is -0.123. The van der Waals surface area contributed by atoms with Crippen LogP contribution < -0.4 is 10.6 Å². The summed E-state index contributed by atoms with van der Waals surface area (Å²) in [5.74, 6) is 0.0894. The van der Waals surface area contributed by atoms with Crippen molar-refractivity contribution in [1.29, 1.82) is 0 Å². The molecule has 1 aliphatic heterocycles. The number of hydrogen-bond acceptors (Lipinski definition) is 4. The summed E-state index contributed by atoms with van der Waals surface area (Å²) in [5, 5.41) is 7.43. The number of piperidine rings is 1. The molecule has 0 radical (unpaired) electrons. The lowest BCUT2D eigenvalue weighted by atomic mass is 9.91. The predicted octanol–water partition coefficient (Wildman–Crippen LogP) is 3.82. The summed E-state index contributed by atoms with van der Waals surface area (Å²) < 4.78 is 13.1. The summed E-state index contributed by atoms with van der Waals surface area (Å²) in [7, 11) is 0. The number of carbonyl (C=O) groups excluding carboxylic acids is 1. The quantitative estimate of drug-likeness (QED) is 0.857. The van der Waals surface area contributed by atoms with Crippen molar-refractivity contribution in [3.05, 3.63) is 40.7 Å². The van der Waals surface area contributed by atoms with E-state index in [1.165, 1.54) is 12.1 Å². The van der Waals surface area contributed by atoms with E-state index < -0.39 is 0 Å². The van der Waals surface area contributed by atoms with E-state index in [4.69, 9.17) is 0 Å². The zero-order valence-corrected chi connectivity index (χ0v) is 16.0. The van der Waals surface area contributed by atoms with Crippen LogP contribution in [0.2, 0.25) is 0 Å². The molecule has 6 heteroatoms. The molecule has 1 saturated carbocycles. The topological polar surface area (TPSA) is 54.0 Å². The molecule has 4 rings (SSSR count). The number of aromatic nitrogens is 1. The first kappa shape index (κ1) is 17.6. The van der Waals surface area contributed by atoms with Crippen molar-refractivity contribution in [1.82, 2.24) is 15.6 Å². The second kappa shape index (κ2) is 6.74. The van der Waals surface area contributed by atoms with Gasteiger partial charge < -0.3 is 10.6 Å². The van der Waals surface area contributed by atoms with Gasteiger partial charge in [-0.05, 0) is 75.9 Å². The number of aryl methyl sites for hydroxylation is 1. The van der Waals surface area contributed by atoms with Crippen molar-refractivity contribution in [2.45, 2.75) is 39.2 Å². The summed E-state index contributed by atoms with van der Waals surface area (Å²) in [6, 6.07) is 6.32. The van der Waals surface area contributed by atoms with Gasteiger partial charge in [-0.25, -0.2) is 9.37 Å². The van der Waals surface area contributed by atoms with Crippen molar-refractivity contribution < 1.29 is 9.18 Å². The number of rotatable bonds is 4. The third-order valence-corrected chi connectivity index (χ3v) is 7.17. The highest BCUT2D eigenvalue weighted by Crippen LogP contribution is 2.58. The second-order valence-corrected chi connectivity index (χ2v) is 8.61. The first-order valence-electron chi connectivity index (χ1n) is 9.23. The SMILES string of the molecule is Cc1nc(-c2ccc(F)cc2)sc1C(C)NC(=O)C1CC12CCNCC2. The summed E-state index contributed by atoms with van der Waals surface area (Å²) in [6.45, 7) is 6.03. The van der Waals surface area contributed by atoms with Gasteiger partial charge in [-0.1, -0.05) is 0 Å². The molecule has 2 aromatic rings. The van der Waals surface area contributed by atoms with Gasteiger partial charge in [-0.3, -0.25) is 4.79 Å². The maximum absolute atomic E-state index is 13.1. The largest absolute Gasteiger partial charge is 0.348 e. The fraction of sp³-hybridized carbons (Fsp3) is 0.500. The van der Waals surface area contributed by atoms with Crippen molar-refractivity contribution in [3.8, 4) is 10.6 Å². The van der Waals surface area contributed by atoms with Crippen LogP contribution in [0.5, 0.6) is 0 Å². The van der Waals surface area contributed by atoms with E-state index in [0.29, 0.717) is 0 Å². The molecule has 2 N–H and O–H groups in total. The normalized spacial score (nSPS) is 22.2. The van der Waals surface area contributed by atoms with E-state index in [0.717, 1.165) is 53.5 Å². The number of thiazole rings is 1. The molecule has 2 atom stereocenters. The molecule has 2 fully saturated rings. The van der Waals surface area contributed by atoms with Crippen LogP contribution in [0, 0.1) is 24.1 Å². The molecular formula is C20H24FN3OS. The van der Waals surface area contributed by atoms with Gasteiger partial charge in [-0.2, -0.15) is 0 Å². The third kappa shape index (κ3) is 3.28. The average Bonchev–Trinajstić information content (AvgIpc) is 3.17. The van der Waals surface area contributed by atoms with Gasteiger partial charge in [0.25, 0.3) is 0 Å². The number of amides is 1. The Morgan fingerprint density at radius 3 is 2.73 bits per heavy atom. The van der Waals surface area contributed by atoms with Crippen LogP contribution in [0.1, 0.15) is 42.8 Å². The molecule has 1 saturated heterocycles. The Balaban J connectivity index is 1.44. The highest BCUT2D eigenvalue weighted by molar-refractivity contribution is 7.15. The summed E-state index contributed by atoms with van der Waals surface area (Å²) in [6.07, 6.45) is 3.23. The van der Waals surface area contributed by atoms with Crippen LogP contribution in [0.3, 0.4) is 0 Å². The molecule has 4 nitrogen and oxygen atoms in total. The molecule has 1 amide bonds. The molecule has 1 aromatic heterocycles. The molecule has 2 heterocycles. The number of benzene rings is 1. The Morgan fingerprint density at radius 2 is 2.04 bits per heavy atom. The molecule has 2 aliphatic rings. The maximum Gasteiger partial charge on any atom is 0.224 e. The molecule has 2 unspecified atom stereocenters. The van der Waals surface area contributed by atoms with Crippen molar-refractivity contribution in [2.24, 2.45) is 11.3 Å². The van der Waals surface area contributed by atoms with Crippen LogP contribution in [-0.4, -0.2) is 24.0 Å². The van der Waals surface area contributed by atoms with Crippen molar-refractivity contribution in [3.63, 3.8) is 0 Å². The van der Waals surface area contributed by atoms with Gasteiger partial charge in [0.05, 0.1) is 16.6 Å². The fourth-order valence-electron chi connectivity index (χ4n) is 4.10. The van der Waals surface area contributed by atoms with E-state index in [-0.39, 0.29) is 29.1 Å². The van der Waals surface area contributed by atoms with E-state index in [1.807, 2.05) is 13.8 Å². The van der Waals surface area contributed by atoms with Gasteiger partial charge >= 0.3 is 0 Å². The Bertz CT molecular complexity index is 811. The number of nitrogens with one attached hydrogen (secondary N) is 2. The first-order chi connectivity index (χ1) is 12.5. The van der Waals surface area contributed by atoms with E-state index >= 15 is 0 Å². The maximum atomic E-state index is 13.1. The van der Waals surface area contributed by atoms with Gasteiger partial charge in [0.1, 0.15) is 10.8 Å². The van der Waals surface area contributed by atoms with Crippen LogP contribution in [0.4, 0.5) is 4.39 Å². The summed E-state index contributed by atoms with van der Waals surface area (Å²) in [5.41, 5.74) is 2.08. The molecule has 1 aliphatic carbocycles. The van der Waals surface area contributed by atoms with Crippen molar-refractivity contribution >= 4 is 17.2 Å². The van der Waals surface area contributed by atoms with Gasteiger partial charge in [0, 0.05) is 11.5 Å². The molecule has 0 bridgehead atoms. The van der Waals surface area contributed by atoms with Gasteiger partial charge in [-0.15, -0.1) is 11.3 Å². The zero-order chi connectivity index (χ0) is 18.3. The minimum atomic E-state index is -0.251. The van der Waals surface area contributed by atoms with Crippen molar-refractivity contribution in [2.75, 3.05) is 13.1 Å². The smallest absolute Gasteiger partial charge is 0.224 e. The average molecular weight is 373 g/mol. The minimum Gasteiger partial charge on any atom is -0.348 e. The van der Waals surface area contributed by atoms with E-state index in [1.54, 1.807) is 23.5 Å². The molecule has 26 heavy (non-hydrogen) atoms. The Labute approximate surface area is 157 Å². The Hall–Kier alpha value is -1.79. The highest BCUT2D eigenvalue weighted by Gasteiger charge is 2.57. The molecule has 1 spiro atoms. The van der Waals surface area contributed by atoms with E-state index in [9.17, 15) is 9.18 Å². The Kier molecular flexibility index (Phi) is 4.57. The summed E-state index contributed by atoms with van der Waals surface area (Å²) >= 11 is 1.57. The van der Waals surface area contributed by atoms with Crippen LogP contribution in [-0.2, 0) is 4.79 Å². The van der Waals surface area contributed by atoms with Gasteiger partial charge in [0.2, 0.25) is 5.91 Å². The van der Waals surface area contributed by atoms with Crippen LogP contribution in [0.25, 0.3) is 10.6 Å². The van der Waals surface area contributed by atoms with E-state index in [2.05, 4.69) is 15.6 Å². The second-order valence-electron chi connectivity index (χ2n) is 7.57. The summed E-state index contributed by atoms with van der Waals surface area (Å²) in [4.78, 5) is 18.4.